The summed E-state index contributed by atoms with van der Waals surface area (Å²) in [6.45, 7) is 0.175. The van der Waals surface area contributed by atoms with Gasteiger partial charge in [-0.05, 0) is 30.3 Å². The van der Waals surface area contributed by atoms with Crippen molar-refractivity contribution in [3.05, 3.63) is 59.7 Å². The molecule has 0 aliphatic rings. The summed E-state index contributed by atoms with van der Waals surface area (Å²) in [4.78, 5) is 19.7. The van der Waals surface area contributed by atoms with E-state index in [1.807, 2.05) is 0 Å². The van der Waals surface area contributed by atoms with Crippen LogP contribution in [0.3, 0.4) is 0 Å². The molecule has 0 spiro atoms. The molecule has 0 radical (unpaired) electrons. The molecule has 1 heterocycles. The van der Waals surface area contributed by atoms with Crippen molar-refractivity contribution in [3.8, 4) is 11.8 Å². The molecule has 0 atom stereocenters. The second-order valence-electron chi connectivity index (χ2n) is 3.92. The Kier molecular flexibility index (Phi) is 4.81. The maximum atomic E-state index is 11.9. The van der Waals surface area contributed by atoms with Gasteiger partial charge < -0.3 is 10.4 Å². The Labute approximate surface area is 116 Å². The zero-order valence-electron chi connectivity index (χ0n) is 10.7. The monoisotopic (exact) mass is 267 g/mol. The van der Waals surface area contributed by atoms with Crippen LogP contribution in [-0.4, -0.2) is 27.6 Å². The third-order valence-electron chi connectivity index (χ3n) is 2.53. The van der Waals surface area contributed by atoms with E-state index in [4.69, 9.17) is 5.11 Å². The molecule has 5 heteroatoms. The van der Waals surface area contributed by atoms with Crippen LogP contribution < -0.4 is 5.32 Å². The van der Waals surface area contributed by atoms with Gasteiger partial charge in [0.25, 0.3) is 5.91 Å². The van der Waals surface area contributed by atoms with Crippen LogP contribution in [0.25, 0.3) is 0 Å². The Bertz CT molecular complexity index is 628. The van der Waals surface area contributed by atoms with E-state index in [1.165, 1.54) is 6.33 Å². The summed E-state index contributed by atoms with van der Waals surface area (Å²) >= 11 is 0. The maximum absolute atomic E-state index is 11.9. The molecule has 0 bridgehead atoms. The summed E-state index contributed by atoms with van der Waals surface area (Å²) in [5.74, 6) is 5.14. The van der Waals surface area contributed by atoms with E-state index in [1.54, 1.807) is 36.5 Å². The smallest absolute Gasteiger partial charge is 0.251 e. The Morgan fingerprint density at radius 3 is 2.70 bits per heavy atom. The number of hydrogen-bond acceptors (Lipinski definition) is 4. The fourth-order valence-electron chi connectivity index (χ4n) is 1.54. The van der Waals surface area contributed by atoms with Gasteiger partial charge in [-0.2, -0.15) is 0 Å². The van der Waals surface area contributed by atoms with Crippen molar-refractivity contribution in [3.63, 3.8) is 0 Å². The summed E-state index contributed by atoms with van der Waals surface area (Å²) in [5.41, 5.74) is 2.05. The number of carbonyl (C=O) groups excluding carboxylic acids is 1. The van der Waals surface area contributed by atoms with Gasteiger partial charge in [-0.3, -0.25) is 4.79 Å². The molecule has 2 rings (SSSR count). The molecular formula is C15H13N3O2. The topological polar surface area (TPSA) is 75.1 Å². The number of aliphatic hydroxyl groups excluding tert-OH is 1. The highest BCUT2D eigenvalue weighted by Crippen LogP contribution is 2.03. The first-order valence-electron chi connectivity index (χ1n) is 6.02. The largest absolute Gasteiger partial charge is 0.384 e. The van der Waals surface area contributed by atoms with E-state index >= 15 is 0 Å². The van der Waals surface area contributed by atoms with Crippen molar-refractivity contribution in [1.82, 2.24) is 15.3 Å². The third kappa shape index (κ3) is 3.90. The molecule has 2 aromatic rings. The predicted molar refractivity (Wildman–Crippen MR) is 73.6 cm³/mol. The average Bonchev–Trinajstić information content (AvgIpc) is 2.52. The molecule has 1 aromatic heterocycles. The van der Waals surface area contributed by atoms with Crippen LogP contribution in [0, 0.1) is 11.8 Å². The number of aliphatic hydroxyl groups is 1. The fourth-order valence-corrected chi connectivity index (χ4v) is 1.54. The number of nitrogens with zero attached hydrogens (tertiary/aromatic N) is 2. The Morgan fingerprint density at radius 2 is 2.05 bits per heavy atom. The normalized spacial score (nSPS) is 9.45. The number of benzene rings is 1. The molecule has 2 N–H and O–H groups in total. The van der Waals surface area contributed by atoms with Gasteiger partial charge in [-0.1, -0.05) is 11.8 Å². The lowest BCUT2D eigenvalue weighted by Crippen LogP contribution is -2.23. The summed E-state index contributed by atoms with van der Waals surface area (Å²) in [5, 5.41) is 11.4. The van der Waals surface area contributed by atoms with Gasteiger partial charge in [0.2, 0.25) is 0 Å². The average molecular weight is 267 g/mol. The Balaban J connectivity index is 1.96. The first-order valence-corrected chi connectivity index (χ1v) is 6.02. The lowest BCUT2D eigenvalue weighted by atomic mass is 10.1. The minimum atomic E-state index is -0.179. The van der Waals surface area contributed by atoms with E-state index in [9.17, 15) is 4.79 Å². The van der Waals surface area contributed by atoms with Gasteiger partial charge in [0.15, 0.2) is 0 Å². The maximum Gasteiger partial charge on any atom is 0.251 e. The highest BCUT2D eigenvalue weighted by molar-refractivity contribution is 5.94. The second kappa shape index (κ2) is 7.02. The number of amides is 1. The Hall–Kier alpha value is -2.71. The van der Waals surface area contributed by atoms with Crippen molar-refractivity contribution >= 4 is 5.91 Å². The van der Waals surface area contributed by atoms with Crippen LogP contribution in [0.1, 0.15) is 21.6 Å². The lowest BCUT2D eigenvalue weighted by Gasteiger charge is -2.04. The van der Waals surface area contributed by atoms with E-state index < -0.39 is 0 Å². The van der Waals surface area contributed by atoms with Crippen molar-refractivity contribution in [1.29, 1.82) is 0 Å². The van der Waals surface area contributed by atoms with Crippen LogP contribution in [0.4, 0.5) is 0 Å². The zero-order valence-corrected chi connectivity index (χ0v) is 10.7. The number of rotatable bonds is 3. The molecule has 0 saturated carbocycles. The summed E-state index contributed by atoms with van der Waals surface area (Å²) in [7, 11) is 0. The standard InChI is InChI=1S/C15H13N3O2/c19-9-1-2-12-3-5-13(6-4-12)15(20)17-10-14-7-8-16-11-18-14/h3-8,11,19H,9-10H2,(H,17,20). The van der Waals surface area contributed by atoms with Crippen molar-refractivity contribution < 1.29 is 9.90 Å². The minimum Gasteiger partial charge on any atom is -0.384 e. The first kappa shape index (κ1) is 13.7. The van der Waals surface area contributed by atoms with E-state index in [2.05, 4.69) is 27.1 Å². The van der Waals surface area contributed by atoms with Gasteiger partial charge in [0.05, 0.1) is 12.2 Å². The van der Waals surface area contributed by atoms with Crippen LogP contribution in [-0.2, 0) is 6.54 Å². The number of hydrogen-bond donors (Lipinski definition) is 2. The van der Waals surface area contributed by atoms with Gasteiger partial charge in [0.1, 0.15) is 12.9 Å². The van der Waals surface area contributed by atoms with Crippen LogP contribution in [0.15, 0.2) is 42.9 Å². The van der Waals surface area contributed by atoms with Gasteiger partial charge in [-0.15, -0.1) is 0 Å². The molecule has 20 heavy (non-hydrogen) atoms. The quantitative estimate of drug-likeness (QED) is 0.805. The highest BCUT2D eigenvalue weighted by atomic mass is 16.2. The number of nitrogens with one attached hydrogen (secondary N) is 1. The summed E-state index contributed by atoms with van der Waals surface area (Å²) in [6.07, 6.45) is 3.07. The number of aromatic nitrogens is 2. The molecule has 5 nitrogen and oxygen atoms in total. The van der Waals surface area contributed by atoms with Crippen molar-refractivity contribution in [2.24, 2.45) is 0 Å². The third-order valence-corrected chi connectivity index (χ3v) is 2.53. The van der Waals surface area contributed by atoms with E-state index in [-0.39, 0.29) is 12.5 Å². The molecule has 0 fully saturated rings. The highest BCUT2D eigenvalue weighted by Gasteiger charge is 2.04. The Morgan fingerprint density at radius 1 is 1.25 bits per heavy atom. The molecular weight excluding hydrogens is 254 g/mol. The van der Waals surface area contributed by atoms with Crippen LogP contribution >= 0.6 is 0 Å². The molecule has 0 saturated heterocycles. The van der Waals surface area contributed by atoms with Gasteiger partial charge in [0, 0.05) is 17.3 Å². The van der Waals surface area contributed by atoms with E-state index in [0.29, 0.717) is 12.1 Å². The molecule has 1 aromatic carbocycles. The second-order valence-corrected chi connectivity index (χ2v) is 3.92. The van der Waals surface area contributed by atoms with E-state index in [0.717, 1.165) is 11.3 Å². The van der Waals surface area contributed by atoms with Crippen LogP contribution in [0.2, 0.25) is 0 Å². The first-order chi connectivity index (χ1) is 9.79. The summed E-state index contributed by atoms with van der Waals surface area (Å²) in [6, 6.07) is 8.60. The predicted octanol–water partition coefficient (Wildman–Crippen LogP) is 0.750. The molecule has 100 valence electrons. The SMILES string of the molecule is O=C(NCc1ccncn1)c1ccc(C#CCO)cc1. The number of carbonyl (C=O) groups is 1. The fraction of sp³-hybridized carbons (Fsp3) is 0.133. The molecule has 0 unspecified atom stereocenters. The van der Waals surface area contributed by atoms with Crippen LogP contribution in [0.5, 0.6) is 0 Å². The van der Waals surface area contributed by atoms with Gasteiger partial charge >= 0.3 is 0 Å². The molecule has 1 amide bonds. The lowest BCUT2D eigenvalue weighted by molar-refractivity contribution is 0.0950. The molecule has 0 aliphatic carbocycles. The van der Waals surface area contributed by atoms with Crippen molar-refractivity contribution in [2.75, 3.05) is 6.61 Å². The van der Waals surface area contributed by atoms with Crippen molar-refractivity contribution in [2.45, 2.75) is 6.54 Å². The summed E-state index contributed by atoms with van der Waals surface area (Å²) < 4.78 is 0. The van der Waals surface area contributed by atoms with Gasteiger partial charge in [-0.25, -0.2) is 9.97 Å². The zero-order chi connectivity index (χ0) is 14.2. The molecule has 0 aliphatic heterocycles. The minimum absolute atomic E-state index is 0.176.